The van der Waals surface area contributed by atoms with Crippen LogP contribution in [0.15, 0.2) is 77.0 Å². The number of amides is 1. The second kappa shape index (κ2) is 10.9. The van der Waals surface area contributed by atoms with E-state index in [0.717, 1.165) is 22.2 Å². The maximum absolute atomic E-state index is 12.1. The van der Waals surface area contributed by atoms with Crippen molar-refractivity contribution in [3.05, 3.63) is 82.9 Å². The van der Waals surface area contributed by atoms with Crippen LogP contribution in [0.2, 0.25) is 5.02 Å². The first-order valence-electron chi connectivity index (χ1n) is 10.1. The molecule has 2 N–H and O–H groups in total. The molecule has 1 heterocycles. The quantitative estimate of drug-likeness (QED) is 0.199. The third-order valence-corrected chi connectivity index (χ3v) is 5.69. The Bertz CT molecular complexity index is 1260. The van der Waals surface area contributed by atoms with Gasteiger partial charge in [-0.05, 0) is 53.6 Å². The van der Waals surface area contributed by atoms with E-state index < -0.39 is 0 Å². The minimum Gasteiger partial charge on any atom is -0.493 e. The Labute approximate surface area is 200 Å². The first-order valence-corrected chi connectivity index (χ1v) is 11.4. The average Bonchev–Trinajstić information content (AvgIpc) is 3.25. The lowest BCUT2D eigenvalue weighted by molar-refractivity contribution is -0.118. The molecule has 168 valence electrons. The number of halogens is 1. The van der Waals surface area contributed by atoms with E-state index in [-0.39, 0.29) is 11.7 Å². The Hall–Kier alpha value is -3.49. The predicted octanol–water partition coefficient (Wildman–Crippen LogP) is 5.05. The number of nitrogens with zero attached hydrogens (tertiary/aromatic N) is 2. The van der Waals surface area contributed by atoms with Crippen LogP contribution in [0.25, 0.3) is 11.0 Å². The Morgan fingerprint density at radius 3 is 2.85 bits per heavy atom. The molecule has 0 fully saturated rings. The zero-order valence-electron chi connectivity index (χ0n) is 17.7. The molecule has 9 heteroatoms. The highest BCUT2D eigenvalue weighted by Crippen LogP contribution is 2.28. The molecule has 7 nitrogen and oxygen atoms in total. The van der Waals surface area contributed by atoms with Gasteiger partial charge in [0.1, 0.15) is 6.61 Å². The molecular weight excluding hydrogens is 460 g/mol. The van der Waals surface area contributed by atoms with Gasteiger partial charge in [-0.3, -0.25) is 4.79 Å². The summed E-state index contributed by atoms with van der Waals surface area (Å²) in [5.41, 5.74) is 6.04. The number of hydrogen-bond donors (Lipinski definition) is 2. The number of thioether (sulfide) groups is 1. The molecule has 0 atom stereocenters. The van der Waals surface area contributed by atoms with Crippen LogP contribution in [-0.2, 0) is 11.4 Å². The Morgan fingerprint density at radius 1 is 1.15 bits per heavy atom. The highest BCUT2D eigenvalue weighted by atomic mass is 35.5. The van der Waals surface area contributed by atoms with Crippen molar-refractivity contribution in [1.82, 2.24) is 15.4 Å². The lowest BCUT2D eigenvalue weighted by Crippen LogP contribution is -2.19. The van der Waals surface area contributed by atoms with Gasteiger partial charge in [0.25, 0.3) is 5.91 Å². The van der Waals surface area contributed by atoms with Crippen molar-refractivity contribution in [2.24, 2.45) is 5.10 Å². The van der Waals surface area contributed by atoms with Gasteiger partial charge in [0, 0.05) is 5.02 Å². The molecule has 0 aliphatic rings. The van der Waals surface area contributed by atoms with Gasteiger partial charge in [-0.25, -0.2) is 10.4 Å². The number of nitrogens with one attached hydrogen (secondary N) is 2. The molecule has 33 heavy (non-hydrogen) atoms. The molecule has 0 aliphatic heterocycles. The number of aromatic nitrogens is 2. The number of methoxy groups -OCH3 is 1. The van der Waals surface area contributed by atoms with Crippen LogP contribution in [0, 0.1) is 0 Å². The molecule has 0 radical (unpaired) electrons. The minimum atomic E-state index is -0.231. The molecule has 1 amide bonds. The van der Waals surface area contributed by atoms with E-state index in [4.69, 9.17) is 21.1 Å². The number of rotatable bonds is 9. The van der Waals surface area contributed by atoms with Crippen LogP contribution in [0.5, 0.6) is 11.5 Å². The fourth-order valence-electron chi connectivity index (χ4n) is 3.01. The van der Waals surface area contributed by atoms with Gasteiger partial charge >= 0.3 is 0 Å². The van der Waals surface area contributed by atoms with Gasteiger partial charge in [-0.1, -0.05) is 47.6 Å². The molecule has 0 bridgehead atoms. The second-order valence-corrected chi connectivity index (χ2v) is 8.37. The standard InChI is InChI=1S/C24H21ClN4O3S/c1-31-22-12-16(9-10-21(22)32-14-17-5-4-6-18(25)11-17)13-26-29-23(30)15-33-24-27-19-7-2-3-8-20(19)28-24/h2-13H,14-15H2,1H3,(H,27,28)(H,29,30)/b26-13+. The van der Waals surface area contributed by atoms with Crippen LogP contribution in [0.3, 0.4) is 0 Å². The van der Waals surface area contributed by atoms with E-state index in [1.54, 1.807) is 25.5 Å². The number of carbonyl (C=O) groups excluding carboxylic acids is 1. The lowest BCUT2D eigenvalue weighted by atomic mass is 10.2. The van der Waals surface area contributed by atoms with Crippen LogP contribution in [-0.4, -0.2) is 35.0 Å². The van der Waals surface area contributed by atoms with Gasteiger partial charge in [-0.15, -0.1) is 0 Å². The van der Waals surface area contributed by atoms with E-state index in [1.807, 2.05) is 54.6 Å². The van der Waals surface area contributed by atoms with E-state index in [2.05, 4.69) is 20.5 Å². The summed E-state index contributed by atoms with van der Waals surface area (Å²) in [4.78, 5) is 19.7. The number of aromatic amines is 1. The molecule has 0 saturated carbocycles. The average molecular weight is 481 g/mol. The zero-order valence-corrected chi connectivity index (χ0v) is 19.3. The van der Waals surface area contributed by atoms with Crippen LogP contribution < -0.4 is 14.9 Å². The van der Waals surface area contributed by atoms with Crippen molar-refractivity contribution < 1.29 is 14.3 Å². The molecule has 0 unspecified atom stereocenters. The highest BCUT2D eigenvalue weighted by molar-refractivity contribution is 7.99. The predicted molar refractivity (Wildman–Crippen MR) is 131 cm³/mol. The number of imidazole rings is 1. The Kier molecular flexibility index (Phi) is 7.49. The molecule has 0 aliphatic carbocycles. The SMILES string of the molecule is COc1cc(/C=N/NC(=O)CSc2nc3ccccc3[nH]2)ccc1OCc1cccc(Cl)c1. The molecule has 4 aromatic rings. The first kappa shape index (κ1) is 22.7. The summed E-state index contributed by atoms with van der Waals surface area (Å²) in [7, 11) is 1.57. The smallest absolute Gasteiger partial charge is 0.250 e. The van der Waals surface area contributed by atoms with Crippen LogP contribution in [0.4, 0.5) is 0 Å². The third kappa shape index (κ3) is 6.27. The van der Waals surface area contributed by atoms with Crippen molar-refractivity contribution in [3.8, 4) is 11.5 Å². The fraction of sp³-hybridized carbons (Fsp3) is 0.125. The van der Waals surface area contributed by atoms with Crippen molar-refractivity contribution in [2.75, 3.05) is 12.9 Å². The molecule has 0 saturated heterocycles. The molecular formula is C24H21ClN4O3S. The third-order valence-electron chi connectivity index (χ3n) is 4.58. The summed E-state index contributed by atoms with van der Waals surface area (Å²) < 4.78 is 11.3. The van der Waals surface area contributed by atoms with Crippen LogP contribution in [0.1, 0.15) is 11.1 Å². The molecule has 0 spiro atoms. The van der Waals surface area contributed by atoms with Gasteiger partial charge in [-0.2, -0.15) is 5.10 Å². The van der Waals surface area contributed by atoms with Gasteiger partial charge in [0.15, 0.2) is 16.7 Å². The number of H-pyrrole nitrogens is 1. The number of para-hydroxylation sites is 2. The van der Waals surface area contributed by atoms with Gasteiger partial charge in [0.2, 0.25) is 0 Å². The Balaban J connectivity index is 1.29. The molecule has 1 aromatic heterocycles. The number of ether oxygens (including phenoxy) is 2. The number of benzene rings is 3. The Morgan fingerprint density at radius 2 is 2.03 bits per heavy atom. The molecule has 3 aromatic carbocycles. The van der Waals surface area contributed by atoms with E-state index in [1.165, 1.54) is 11.8 Å². The fourth-order valence-corrected chi connectivity index (χ4v) is 3.90. The van der Waals surface area contributed by atoms with E-state index >= 15 is 0 Å². The maximum Gasteiger partial charge on any atom is 0.250 e. The van der Waals surface area contributed by atoms with Crippen molar-refractivity contribution >= 4 is 46.5 Å². The molecule has 4 rings (SSSR count). The maximum atomic E-state index is 12.1. The van der Waals surface area contributed by atoms with Gasteiger partial charge < -0.3 is 14.5 Å². The number of hydrazone groups is 1. The monoisotopic (exact) mass is 480 g/mol. The van der Waals surface area contributed by atoms with Crippen LogP contribution >= 0.6 is 23.4 Å². The first-order chi connectivity index (χ1) is 16.1. The summed E-state index contributed by atoms with van der Waals surface area (Å²) in [5, 5.41) is 5.37. The second-order valence-electron chi connectivity index (χ2n) is 6.97. The summed E-state index contributed by atoms with van der Waals surface area (Å²) in [6.07, 6.45) is 1.55. The normalized spacial score (nSPS) is 11.1. The van der Waals surface area contributed by atoms with Gasteiger partial charge in [0.05, 0.1) is 30.1 Å². The van der Waals surface area contributed by atoms with E-state index in [9.17, 15) is 4.79 Å². The topological polar surface area (TPSA) is 88.6 Å². The summed E-state index contributed by atoms with van der Waals surface area (Å²) in [5.74, 6) is 1.12. The number of hydrogen-bond acceptors (Lipinski definition) is 6. The summed E-state index contributed by atoms with van der Waals surface area (Å²) in [6, 6.07) is 20.6. The minimum absolute atomic E-state index is 0.191. The largest absolute Gasteiger partial charge is 0.493 e. The lowest BCUT2D eigenvalue weighted by Gasteiger charge is -2.11. The van der Waals surface area contributed by atoms with Crippen molar-refractivity contribution in [2.45, 2.75) is 11.8 Å². The number of carbonyl (C=O) groups is 1. The number of fused-ring (bicyclic) bond motifs is 1. The summed E-state index contributed by atoms with van der Waals surface area (Å²) >= 11 is 7.33. The van der Waals surface area contributed by atoms with E-state index in [0.29, 0.717) is 28.3 Å². The van der Waals surface area contributed by atoms with Crippen molar-refractivity contribution in [3.63, 3.8) is 0 Å². The summed E-state index contributed by atoms with van der Waals surface area (Å²) in [6.45, 7) is 0.364. The zero-order chi connectivity index (χ0) is 23.0. The highest BCUT2D eigenvalue weighted by Gasteiger charge is 2.08. The van der Waals surface area contributed by atoms with Crippen molar-refractivity contribution in [1.29, 1.82) is 0 Å².